The van der Waals surface area contributed by atoms with Gasteiger partial charge in [0.25, 0.3) is 0 Å². The van der Waals surface area contributed by atoms with Gasteiger partial charge >= 0.3 is 6.18 Å². The third-order valence-electron chi connectivity index (χ3n) is 4.84. The highest BCUT2D eigenvalue weighted by atomic mass is 32.1. The van der Waals surface area contributed by atoms with Crippen LogP contribution >= 0.6 is 12.2 Å². The summed E-state index contributed by atoms with van der Waals surface area (Å²) in [5, 5.41) is 6.47. The van der Waals surface area contributed by atoms with Crippen LogP contribution in [-0.4, -0.2) is 22.3 Å². The zero-order valence-electron chi connectivity index (χ0n) is 14.8. The van der Waals surface area contributed by atoms with E-state index in [0.717, 1.165) is 17.7 Å². The van der Waals surface area contributed by atoms with Gasteiger partial charge in [0.2, 0.25) is 0 Å². The van der Waals surface area contributed by atoms with Crippen molar-refractivity contribution in [2.45, 2.75) is 44.3 Å². The Bertz CT molecular complexity index is 747. The second-order valence-corrected chi connectivity index (χ2v) is 7.34. The fourth-order valence-corrected chi connectivity index (χ4v) is 3.70. The molecule has 1 heterocycles. The lowest BCUT2D eigenvalue weighted by molar-refractivity contribution is -0.183. The van der Waals surface area contributed by atoms with E-state index in [4.69, 9.17) is 12.2 Å². The quantitative estimate of drug-likeness (QED) is 0.711. The highest BCUT2D eigenvalue weighted by molar-refractivity contribution is 7.80. The zero-order valence-corrected chi connectivity index (χ0v) is 15.6. The molecule has 1 aliphatic rings. The molecule has 2 N–H and O–H groups in total. The lowest BCUT2D eigenvalue weighted by atomic mass is 9.85. The number of anilines is 1. The molecule has 0 aliphatic heterocycles. The van der Waals surface area contributed by atoms with Gasteiger partial charge in [-0.3, -0.25) is 4.98 Å². The summed E-state index contributed by atoms with van der Waals surface area (Å²) in [6, 6.07) is 11.6. The molecule has 0 saturated heterocycles. The van der Waals surface area contributed by atoms with Crippen molar-refractivity contribution in [3.63, 3.8) is 0 Å². The van der Waals surface area contributed by atoms with E-state index in [0.29, 0.717) is 18.0 Å². The summed E-state index contributed by atoms with van der Waals surface area (Å²) >= 11 is 5.28. The number of alkyl halides is 3. The van der Waals surface area contributed by atoms with E-state index >= 15 is 0 Å². The van der Waals surface area contributed by atoms with E-state index in [2.05, 4.69) is 15.6 Å². The van der Waals surface area contributed by atoms with Gasteiger partial charge in [0.05, 0.1) is 5.92 Å². The molecule has 7 heteroatoms. The Morgan fingerprint density at radius 2 is 1.70 bits per heavy atom. The average molecular weight is 393 g/mol. The molecule has 0 radical (unpaired) electrons. The van der Waals surface area contributed by atoms with Gasteiger partial charge in [0, 0.05) is 24.1 Å². The Hall–Kier alpha value is -2.15. The second kappa shape index (κ2) is 8.69. The highest BCUT2D eigenvalue weighted by Gasteiger charge is 2.42. The molecule has 1 aliphatic carbocycles. The minimum absolute atomic E-state index is 0.0796. The molecule has 1 aromatic carbocycles. The van der Waals surface area contributed by atoms with E-state index in [1.54, 1.807) is 12.4 Å². The number of nitrogens with zero attached hydrogens (tertiary/aromatic N) is 1. The molecule has 1 fully saturated rings. The van der Waals surface area contributed by atoms with Gasteiger partial charge in [-0.25, -0.2) is 0 Å². The molecule has 3 rings (SSSR count). The molecular formula is C20H22F3N3S. The molecule has 3 nitrogen and oxygen atoms in total. The van der Waals surface area contributed by atoms with Crippen LogP contribution in [0.25, 0.3) is 0 Å². The van der Waals surface area contributed by atoms with Gasteiger partial charge in [0.15, 0.2) is 5.11 Å². The topological polar surface area (TPSA) is 37.0 Å². The Kier molecular flexibility index (Phi) is 6.31. The van der Waals surface area contributed by atoms with Crippen molar-refractivity contribution in [1.29, 1.82) is 0 Å². The summed E-state index contributed by atoms with van der Waals surface area (Å²) in [5.41, 5.74) is 3.15. The van der Waals surface area contributed by atoms with Crippen LogP contribution in [-0.2, 0) is 6.42 Å². The monoisotopic (exact) mass is 393 g/mol. The van der Waals surface area contributed by atoms with Gasteiger partial charge in [-0.2, -0.15) is 13.2 Å². The lowest BCUT2D eigenvalue weighted by Gasteiger charge is -2.31. The SMILES string of the molecule is FC(F)(F)C1CCCC(NC(=S)Nc2ccc(Cc3ccncc3)cc2)C1. The van der Waals surface area contributed by atoms with Gasteiger partial charge in [0.1, 0.15) is 0 Å². The number of pyridine rings is 1. The zero-order chi connectivity index (χ0) is 19.3. The summed E-state index contributed by atoms with van der Waals surface area (Å²) in [4.78, 5) is 4.01. The molecule has 0 bridgehead atoms. The Labute approximate surface area is 162 Å². The number of benzene rings is 1. The summed E-state index contributed by atoms with van der Waals surface area (Å²) < 4.78 is 38.7. The summed E-state index contributed by atoms with van der Waals surface area (Å²) in [5.74, 6) is -1.24. The third-order valence-corrected chi connectivity index (χ3v) is 5.06. The number of hydrogen-bond acceptors (Lipinski definition) is 2. The van der Waals surface area contributed by atoms with Crippen molar-refractivity contribution in [3.8, 4) is 0 Å². The van der Waals surface area contributed by atoms with E-state index in [-0.39, 0.29) is 18.9 Å². The average Bonchev–Trinajstić information content (AvgIpc) is 2.64. The summed E-state index contributed by atoms with van der Waals surface area (Å²) in [7, 11) is 0. The Morgan fingerprint density at radius 3 is 2.37 bits per heavy atom. The first-order valence-electron chi connectivity index (χ1n) is 9.02. The number of thiocarbonyl (C=S) groups is 1. The van der Waals surface area contributed by atoms with Crippen molar-refractivity contribution < 1.29 is 13.2 Å². The van der Waals surface area contributed by atoms with Crippen molar-refractivity contribution in [3.05, 3.63) is 59.9 Å². The first-order valence-corrected chi connectivity index (χ1v) is 9.43. The Balaban J connectivity index is 1.50. The van der Waals surface area contributed by atoms with Crippen molar-refractivity contribution >= 4 is 23.0 Å². The van der Waals surface area contributed by atoms with Crippen molar-refractivity contribution in [2.75, 3.05) is 5.32 Å². The molecule has 144 valence electrons. The third kappa shape index (κ3) is 5.92. The van der Waals surface area contributed by atoms with Crippen molar-refractivity contribution in [2.24, 2.45) is 5.92 Å². The van der Waals surface area contributed by atoms with E-state index in [1.807, 2.05) is 36.4 Å². The predicted octanol–water partition coefficient (Wildman–Crippen LogP) is 5.08. The van der Waals surface area contributed by atoms with Crippen LogP contribution < -0.4 is 10.6 Å². The van der Waals surface area contributed by atoms with Crippen molar-refractivity contribution in [1.82, 2.24) is 10.3 Å². The van der Waals surface area contributed by atoms with E-state index in [1.165, 1.54) is 5.56 Å². The van der Waals surface area contributed by atoms with Crippen LogP contribution in [0.2, 0.25) is 0 Å². The van der Waals surface area contributed by atoms with Crippen LogP contribution in [0.3, 0.4) is 0 Å². The summed E-state index contributed by atoms with van der Waals surface area (Å²) in [6.45, 7) is 0. The number of nitrogens with one attached hydrogen (secondary N) is 2. The molecule has 27 heavy (non-hydrogen) atoms. The molecule has 2 atom stereocenters. The molecule has 0 amide bonds. The molecule has 2 unspecified atom stereocenters. The van der Waals surface area contributed by atoms with Gasteiger partial charge in [-0.05, 0) is 73.3 Å². The van der Waals surface area contributed by atoms with Gasteiger partial charge in [-0.15, -0.1) is 0 Å². The molecular weight excluding hydrogens is 371 g/mol. The second-order valence-electron chi connectivity index (χ2n) is 6.93. The van der Waals surface area contributed by atoms with E-state index in [9.17, 15) is 13.2 Å². The number of aromatic nitrogens is 1. The molecule has 1 saturated carbocycles. The van der Waals surface area contributed by atoms with Crippen LogP contribution in [0, 0.1) is 5.92 Å². The molecule has 0 spiro atoms. The lowest BCUT2D eigenvalue weighted by Crippen LogP contribution is -2.43. The first-order chi connectivity index (χ1) is 12.9. The standard InChI is InChI=1S/C20H22F3N3S/c21-20(22,23)16-2-1-3-18(13-16)26-19(27)25-17-6-4-14(5-7-17)12-15-8-10-24-11-9-15/h4-11,16,18H,1-3,12-13H2,(H2,25,26,27). The summed E-state index contributed by atoms with van der Waals surface area (Å²) in [6.07, 6.45) is 1.78. The van der Waals surface area contributed by atoms with Crippen LogP contribution in [0.1, 0.15) is 36.8 Å². The fraction of sp³-hybridized carbons (Fsp3) is 0.400. The number of halogens is 3. The van der Waals surface area contributed by atoms with Crippen LogP contribution in [0.4, 0.5) is 18.9 Å². The van der Waals surface area contributed by atoms with Gasteiger partial charge in [-0.1, -0.05) is 18.6 Å². The minimum atomic E-state index is -4.12. The highest BCUT2D eigenvalue weighted by Crippen LogP contribution is 2.37. The van der Waals surface area contributed by atoms with Crippen LogP contribution in [0.15, 0.2) is 48.8 Å². The maximum atomic E-state index is 12.9. The van der Waals surface area contributed by atoms with Crippen LogP contribution in [0.5, 0.6) is 0 Å². The Morgan fingerprint density at radius 1 is 1.04 bits per heavy atom. The normalized spacial score (nSPS) is 20.1. The molecule has 1 aromatic heterocycles. The fourth-order valence-electron chi connectivity index (χ4n) is 3.41. The largest absolute Gasteiger partial charge is 0.391 e. The smallest absolute Gasteiger partial charge is 0.360 e. The number of rotatable bonds is 4. The number of hydrogen-bond donors (Lipinski definition) is 2. The maximum absolute atomic E-state index is 12.9. The minimum Gasteiger partial charge on any atom is -0.360 e. The maximum Gasteiger partial charge on any atom is 0.391 e. The van der Waals surface area contributed by atoms with E-state index < -0.39 is 12.1 Å². The van der Waals surface area contributed by atoms with Gasteiger partial charge < -0.3 is 10.6 Å². The molecule has 2 aromatic rings. The first kappa shape index (κ1) is 19.6. The predicted molar refractivity (Wildman–Crippen MR) is 105 cm³/mol.